The number of rotatable bonds is 11. The van der Waals surface area contributed by atoms with Crippen LogP contribution in [-0.4, -0.2) is 36.1 Å². The SMILES string of the molecule is CCOc1ccc(NC(=O)NCC(=O)c2cc(C)n(CCc3ccc(Cl)cc3)c2C)cc1OCC. The van der Waals surface area contributed by atoms with Gasteiger partial charge in [0.15, 0.2) is 17.3 Å². The monoisotopic (exact) mass is 497 g/mol. The van der Waals surface area contributed by atoms with E-state index in [0.717, 1.165) is 24.4 Å². The standard InChI is InChI=1S/C27H32ClN3O4/c1-5-34-25-12-11-22(16-26(25)35-6-2)30-27(33)29-17-24(32)23-15-18(3)31(19(23)4)14-13-20-7-9-21(28)10-8-20/h7-12,15-16H,5-6,13-14,17H2,1-4H3,(H2,29,30,33). The van der Waals surface area contributed by atoms with E-state index in [4.69, 9.17) is 21.1 Å². The number of ether oxygens (including phenoxy) is 2. The molecule has 2 amide bonds. The third kappa shape index (κ3) is 7.02. The smallest absolute Gasteiger partial charge is 0.319 e. The van der Waals surface area contributed by atoms with Crippen molar-refractivity contribution in [3.8, 4) is 11.5 Å². The van der Waals surface area contributed by atoms with Gasteiger partial charge in [-0.1, -0.05) is 23.7 Å². The zero-order chi connectivity index (χ0) is 25.4. The van der Waals surface area contributed by atoms with Crippen LogP contribution in [0.5, 0.6) is 11.5 Å². The van der Waals surface area contributed by atoms with Crippen LogP contribution in [0.1, 0.15) is 41.2 Å². The van der Waals surface area contributed by atoms with Crippen LogP contribution in [0.25, 0.3) is 0 Å². The van der Waals surface area contributed by atoms with Crippen molar-refractivity contribution < 1.29 is 19.1 Å². The van der Waals surface area contributed by atoms with E-state index >= 15 is 0 Å². The molecule has 2 aromatic carbocycles. The Labute approximate surface area is 211 Å². The number of anilines is 1. The van der Waals surface area contributed by atoms with Crippen LogP contribution in [0.4, 0.5) is 10.5 Å². The van der Waals surface area contributed by atoms with Crippen molar-refractivity contribution >= 4 is 29.1 Å². The number of ketones is 1. The molecule has 7 nitrogen and oxygen atoms in total. The van der Waals surface area contributed by atoms with Crippen LogP contribution in [0.2, 0.25) is 5.02 Å². The fourth-order valence-electron chi connectivity index (χ4n) is 3.88. The van der Waals surface area contributed by atoms with E-state index in [1.54, 1.807) is 18.2 Å². The summed E-state index contributed by atoms with van der Waals surface area (Å²) >= 11 is 5.96. The number of benzene rings is 2. The van der Waals surface area contributed by atoms with Crippen LogP contribution >= 0.6 is 11.6 Å². The van der Waals surface area contributed by atoms with E-state index in [1.807, 2.05) is 58.0 Å². The zero-order valence-electron chi connectivity index (χ0n) is 20.6. The average molecular weight is 498 g/mol. The minimum atomic E-state index is -0.471. The van der Waals surface area contributed by atoms with Gasteiger partial charge in [-0.15, -0.1) is 0 Å². The predicted molar refractivity (Wildman–Crippen MR) is 139 cm³/mol. The number of carbonyl (C=O) groups is 2. The normalized spacial score (nSPS) is 10.7. The molecule has 0 unspecified atom stereocenters. The molecule has 0 spiro atoms. The summed E-state index contributed by atoms with van der Waals surface area (Å²) in [5.74, 6) is 1.02. The first kappa shape index (κ1) is 26.2. The average Bonchev–Trinajstić information content (AvgIpc) is 3.12. The summed E-state index contributed by atoms with van der Waals surface area (Å²) < 4.78 is 13.3. The molecule has 1 heterocycles. The van der Waals surface area contributed by atoms with Gasteiger partial charge in [0.2, 0.25) is 0 Å². The number of halogens is 1. The van der Waals surface area contributed by atoms with Gasteiger partial charge in [0.25, 0.3) is 0 Å². The lowest BCUT2D eigenvalue weighted by atomic mass is 10.1. The van der Waals surface area contributed by atoms with Gasteiger partial charge in [-0.05, 0) is 70.0 Å². The zero-order valence-corrected chi connectivity index (χ0v) is 21.4. The third-order valence-corrected chi connectivity index (χ3v) is 5.87. The van der Waals surface area contributed by atoms with E-state index in [-0.39, 0.29) is 12.3 Å². The van der Waals surface area contributed by atoms with Crippen LogP contribution in [0.3, 0.4) is 0 Å². The molecule has 0 fully saturated rings. The molecule has 0 aliphatic heterocycles. The first-order valence-electron chi connectivity index (χ1n) is 11.7. The number of nitrogens with zero attached hydrogens (tertiary/aromatic N) is 1. The van der Waals surface area contributed by atoms with Crippen LogP contribution in [-0.2, 0) is 13.0 Å². The number of amides is 2. The number of hydrogen-bond acceptors (Lipinski definition) is 4. The highest BCUT2D eigenvalue weighted by Gasteiger charge is 2.17. The lowest BCUT2D eigenvalue weighted by molar-refractivity contribution is 0.0992. The van der Waals surface area contributed by atoms with Crippen molar-refractivity contribution in [1.29, 1.82) is 0 Å². The van der Waals surface area contributed by atoms with Crippen molar-refractivity contribution in [1.82, 2.24) is 9.88 Å². The highest BCUT2D eigenvalue weighted by molar-refractivity contribution is 6.30. The Morgan fingerprint density at radius 1 is 0.943 bits per heavy atom. The van der Waals surface area contributed by atoms with Gasteiger partial charge in [0, 0.05) is 40.3 Å². The summed E-state index contributed by atoms with van der Waals surface area (Å²) in [5.41, 5.74) is 4.22. The minimum absolute atomic E-state index is 0.108. The molecule has 0 atom stereocenters. The molecule has 1 aromatic heterocycles. The summed E-state index contributed by atoms with van der Waals surface area (Å²) in [6, 6.07) is 14.3. The summed E-state index contributed by atoms with van der Waals surface area (Å²) in [6.45, 7) is 9.31. The molecule has 0 bridgehead atoms. The molecule has 0 aliphatic rings. The van der Waals surface area contributed by atoms with Gasteiger partial charge in [-0.2, -0.15) is 0 Å². The first-order valence-corrected chi connectivity index (χ1v) is 12.1. The quantitative estimate of drug-likeness (QED) is 0.328. The molecule has 0 radical (unpaired) electrons. The van der Waals surface area contributed by atoms with Crippen molar-refractivity contribution in [2.75, 3.05) is 25.1 Å². The van der Waals surface area contributed by atoms with E-state index in [1.165, 1.54) is 5.56 Å². The Bertz CT molecular complexity index is 1170. The maximum absolute atomic E-state index is 12.8. The Morgan fingerprint density at radius 2 is 1.63 bits per heavy atom. The number of aromatic nitrogens is 1. The van der Waals surface area contributed by atoms with Gasteiger partial charge in [0.05, 0.1) is 19.8 Å². The Hall–Kier alpha value is -3.45. The first-order chi connectivity index (χ1) is 16.8. The lowest BCUT2D eigenvalue weighted by Gasteiger charge is -2.13. The topological polar surface area (TPSA) is 81.6 Å². The van der Waals surface area contributed by atoms with Crippen molar-refractivity contribution in [3.05, 3.63) is 76.1 Å². The second-order valence-electron chi connectivity index (χ2n) is 8.07. The number of hydrogen-bond donors (Lipinski definition) is 2. The van der Waals surface area contributed by atoms with Gasteiger partial charge >= 0.3 is 6.03 Å². The van der Waals surface area contributed by atoms with E-state index in [0.29, 0.717) is 41.0 Å². The predicted octanol–water partition coefficient (Wildman–Crippen LogP) is 5.80. The molecular weight excluding hydrogens is 466 g/mol. The third-order valence-electron chi connectivity index (χ3n) is 5.62. The van der Waals surface area contributed by atoms with E-state index in [9.17, 15) is 9.59 Å². The fourth-order valence-corrected chi connectivity index (χ4v) is 4.01. The number of carbonyl (C=O) groups excluding carboxylic acids is 2. The molecule has 186 valence electrons. The molecule has 3 rings (SSSR count). The van der Waals surface area contributed by atoms with Crippen LogP contribution < -0.4 is 20.1 Å². The number of nitrogens with one attached hydrogen (secondary N) is 2. The van der Waals surface area contributed by atoms with Crippen molar-refractivity contribution in [3.63, 3.8) is 0 Å². The molecule has 2 N–H and O–H groups in total. The molecule has 0 saturated carbocycles. The van der Waals surface area contributed by atoms with Crippen molar-refractivity contribution in [2.24, 2.45) is 0 Å². The van der Waals surface area contributed by atoms with Crippen molar-refractivity contribution in [2.45, 2.75) is 40.7 Å². The van der Waals surface area contributed by atoms with E-state index in [2.05, 4.69) is 15.2 Å². The Balaban J connectivity index is 1.58. The van der Waals surface area contributed by atoms with Gasteiger partial charge in [-0.3, -0.25) is 4.79 Å². The Morgan fingerprint density at radius 3 is 2.31 bits per heavy atom. The maximum Gasteiger partial charge on any atom is 0.319 e. The highest BCUT2D eigenvalue weighted by Crippen LogP contribution is 2.30. The van der Waals surface area contributed by atoms with Gasteiger partial charge in [0.1, 0.15) is 0 Å². The molecule has 35 heavy (non-hydrogen) atoms. The highest BCUT2D eigenvalue weighted by atomic mass is 35.5. The largest absolute Gasteiger partial charge is 0.490 e. The molecule has 0 saturated heterocycles. The number of urea groups is 1. The van der Waals surface area contributed by atoms with Crippen LogP contribution in [0, 0.1) is 13.8 Å². The number of aryl methyl sites for hydroxylation is 2. The van der Waals surface area contributed by atoms with Gasteiger partial charge in [-0.25, -0.2) is 4.79 Å². The second kappa shape index (κ2) is 12.3. The summed E-state index contributed by atoms with van der Waals surface area (Å²) in [6.07, 6.45) is 0.827. The summed E-state index contributed by atoms with van der Waals surface area (Å²) in [4.78, 5) is 25.3. The minimum Gasteiger partial charge on any atom is -0.490 e. The van der Waals surface area contributed by atoms with Crippen LogP contribution in [0.15, 0.2) is 48.5 Å². The fraction of sp³-hybridized carbons (Fsp3) is 0.333. The Kier molecular flexibility index (Phi) is 9.20. The molecule has 8 heteroatoms. The lowest BCUT2D eigenvalue weighted by Crippen LogP contribution is -2.33. The second-order valence-corrected chi connectivity index (χ2v) is 8.51. The molecule has 0 aliphatic carbocycles. The van der Waals surface area contributed by atoms with Gasteiger partial charge < -0.3 is 24.7 Å². The molecular formula is C27H32ClN3O4. The number of Topliss-reactive ketones (excluding diaryl/α,β-unsaturated/α-hetero) is 1. The summed E-state index contributed by atoms with van der Waals surface area (Å²) in [7, 11) is 0. The molecule has 3 aromatic rings. The maximum atomic E-state index is 12.8. The summed E-state index contributed by atoms with van der Waals surface area (Å²) in [5, 5.41) is 6.10. The van der Waals surface area contributed by atoms with E-state index < -0.39 is 6.03 Å².